The van der Waals surface area contributed by atoms with Gasteiger partial charge in [-0.3, -0.25) is 25.5 Å². The predicted octanol–water partition coefficient (Wildman–Crippen LogP) is 1.13. The van der Waals surface area contributed by atoms with E-state index in [9.17, 15) is 14.0 Å². The first-order valence-corrected chi connectivity index (χ1v) is 7.75. The van der Waals surface area contributed by atoms with Gasteiger partial charge in [0.15, 0.2) is 6.29 Å². The van der Waals surface area contributed by atoms with Crippen LogP contribution in [0.5, 0.6) is 0 Å². The Morgan fingerprint density at radius 2 is 1.92 bits per heavy atom. The molecule has 0 atom stereocenters. The van der Waals surface area contributed by atoms with Crippen LogP contribution >= 0.6 is 0 Å². The van der Waals surface area contributed by atoms with Gasteiger partial charge >= 0.3 is 0 Å². The number of aromatic nitrogens is 2. The van der Waals surface area contributed by atoms with Gasteiger partial charge in [0.1, 0.15) is 11.5 Å². The number of ether oxygens (including phenoxy) is 2. The number of amides is 2. The van der Waals surface area contributed by atoms with Gasteiger partial charge in [-0.25, -0.2) is 4.39 Å². The number of hydrazine groups is 1. The van der Waals surface area contributed by atoms with Crippen molar-refractivity contribution in [3.05, 3.63) is 41.8 Å². The molecule has 1 aliphatic heterocycles. The van der Waals surface area contributed by atoms with E-state index in [1.165, 1.54) is 18.2 Å². The number of nitrogens with one attached hydrogen (secondary N) is 3. The first-order chi connectivity index (χ1) is 12.1. The van der Waals surface area contributed by atoms with Crippen LogP contribution in [0.15, 0.2) is 30.3 Å². The lowest BCUT2D eigenvalue weighted by molar-refractivity contribution is -0.184. The average molecular weight is 348 g/mol. The van der Waals surface area contributed by atoms with E-state index >= 15 is 0 Å². The van der Waals surface area contributed by atoms with Gasteiger partial charge in [0.25, 0.3) is 5.91 Å². The molecule has 1 aliphatic rings. The third-order valence-electron chi connectivity index (χ3n) is 3.53. The van der Waals surface area contributed by atoms with Crippen molar-refractivity contribution in [1.29, 1.82) is 0 Å². The van der Waals surface area contributed by atoms with Crippen LogP contribution in [0.4, 0.5) is 4.39 Å². The molecule has 9 heteroatoms. The Balaban J connectivity index is 1.51. The molecule has 0 radical (unpaired) electrons. The summed E-state index contributed by atoms with van der Waals surface area (Å²) in [6.07, 6.45) is 0.192. The summed E-state index contributed by atoms with van der Waals surface area (Å²) in [5.74, 6) is -1.34. The monoisotopic (exact) mass is 348 g/mol. The van der Waals surface area contributed by atoms with Gasteiger partial charge in [0.2, 0.25) is 5.91 Å². The summed E-state index contributed by atoms with van der Waals surface area (Å²) >= 11 is 0. The van der Waals surface area contributed by atoms with Gasteiger partial charge in [-0.2, -0.15) is 5.10 Å². The predicted molar refractivity (Wildman–Crippen MR) is 84.5 cm³/mol. The average Bonchev–Trinajstić information content (AvgIpc) is 3.11. The minimum atomic E-state index is -0.595. The summed E-state index contributed by atoms with van der Waals surface area (Å²) in [4.78, 5) is 23.8. The number of aromatic amines is 1. The fourth-order valence-corrected chi connectivity index (χ4v) is 2.26. The summed E-state index contributed by atoms with van der Waals surface area (Å²) in [6, 6.07) is 7.22. The summed E-state index contributed by atoms with van der Waals surface area (Å²) < 4.78 is 23.5. The molecule has 0 unspecified atom stereocenters. The highest BCUT2D eigenvalue weighted by atomic mass is 19.1. The molecule has 3 N–H and O–H groups in total. The number of nitrogens with zero attached hydrogens (tertiary/aromatic N) is 1. The number of carbonyl (C=O) groups excluding carboxylic acids is 2. The molecule has 2 amide bonds. The van der Waals surface area contributed by atoms with Crippen LogP contribution < -0.4 is 10.9 Å². The molecule has 1 saturated heterocycles. The van der Waals surface area contributed by atoms with Gasteiger partial charge in [-0.1, -0.05) is 0 Å². The molecule has 2 aromatic rings. The topological polar surface area (TPSA) is 105 Å². The van der Waals surface area contributed by atoms with E-state index in [4.69, 9.17) is 9.47 Å². The molecule has 2 heterocycles. The number of halogens is 1. The van der Waals surface area contributed by atoms with Crippen molar-refractivity contribution < 1.29 is 23.5 Å². The van der Waals surface area contributed by atoms with Gasteiger partial charge in [-0.15, -0.1) is 0 Å². The fraction of sp³-hybridized carbons (Fsp3) is 0.312. The summed E-state index contributed by atoms with van der Waals surface area (Å²) in [5, 5.41) is 6.56. The summed E-state index contributed by atoms with van der Waals surface area (Å²) in [6.45, 7) is 1.09. The second-order valence-corrected chi connectivity index (χ2v) is 5.40. The molecule has 25 heavy (non-hydrogen) atoms. The zero-order valence-corrected chi connectivity index (χ0v) is 13.3. The highest BCUT2D eigenvalue weighted by Crippen LogP contribution is 2.17. The molecule has 0 bridgehead atoms. The number of carbonyl (C=O) groups is 2. The van der Waals surface area contributed by atoms with Crippen LogP contribution in [-0.4, -0.2) is 41.5 Å². The maximum atomic E-state index is 12.9. The number of rotatable bonds is 4. The van der Waals surface area contributed by atoms with Gasteiger partial charge in [0.05, 0.1) is 25.3 Å². The zero-order chi connectivity index (χ0) is 17.6. The third kappa shape index (κ3) is 4.61. The maximum absolute atomic E-state index is 12.9. The van der Waals surface area contributed by atoms with E-state index in [0.29, 0.717) is 24.5 Å². The number of hydrogen-bond acceptors (Lipinski definition) is 5. The van der Waals surface area contributed by atoms with E-state index in [0.717, 1.165) is 6.42 Å². The minimum absolute atomic E-state index is 0.00984. The van der Waals surface area contributed by atoms with Gasteiger partial charge in [0, 0.05) is 5.56 Å². The molecule has 1 aromatic heterocycles. The van der Waals surface area contributed by atoms with E-state index in [-0.39, 0.29) is 17.9 Å². The number of benzene rings is 1. The van der Waals surface area contributed by atoms with Gasteiger partial charge in [-0.05, 0) is 36.8 Å². The van der Waals surface area contributed by atoms with E-state index in [2.05, 4.69) is 21.0 Å². The van der Waals surface area contributed by atoms with Crippen molar-refractivity contribution >= 4 is 11.8 Å². The van der Waals surface area contributed by atoms with Crippen molar-refractivity contribution in [2.24, 2.45) is 0 Å². The van der Waals surface area contributed by atoms with Crippen LogP contribution in [0, 0.1) is 5.82 Å². The molecular formula is C16H17FN4O4. The Bertz CT molecular complexity index is 741. The summed E-state index contributed by atoms with van der Waals surface area (Å²) in [5.41, 5.74) is 5.87. The lowest BCUT2D eigenvalue weighted by Gasteiger charge is -2.22. The van der Waals surface area contributed by atoms with Crippen LogP contribution in [0.3, 0.4) is 0 Å². The number of H-pyrrole nitrogens is 1. The Labute approximate surface area is 142 Å². The summed E-state index contributed by atoms with van der Waals surface area (Å²) in [7, 11) is 0. The molecule has 1 fully saturated rings. The smallest absolute Gasteiger partial charge is 0.287 e. The van der Waals surface area contributed by atoms with Crippen LogP contribution in [-0.2, 0) is 14.3 Å². The zero-order valence-electron chi connectivity index (χ0n) is 13.3. The van der Waals surface area contributed by atoms with Crippen LogP contribution in [0.2, 0.25) is 0 Å². The van der Waals surface area contributed by atoms with E-state index in [1.54, 1.807) is 12.1 Å². The largest absolute Gasteiger partial charge is 0.352 e. The molecule has 0 spiro atoms. The molecule has 3 rings (SSSR count). The van der Waals surface area contributed by atoms with E-state index in [1.807, 2.05) is 0 Å². The van der Waals surface area contributed by atoms with E-state index < -0.39 is 18.1 Å². The maximum Gasteiger partial charge on any atom is 0.287 e. The first-order valence-electron chi connectivity index (χ1n) is 7.75. The minimum Gasteiger partial charge on any atom is -0.352 e. The Kier molecular flexibility index (Phi) is 5.36. The SMILES string of the molecule is O=C(CC1OCCCO1)NNC(=O)c1cc(-c2ccc(F)cc2)n[nH]1. The highest BCUT2D eigenvalue weighted by molar-refractivity contribution is 5.94. The highest BCUT2D eigenvalue weighted by Gasteiger charge is 2.19. The van der Waals surface area contributed by atoms with Crippen molar-refractivity contribution in [2.75, 3.05) is 13.2 Å². The molecule has 0 saturated carbocycles. The molecule has 0 aliphatic carbocycles. The quantitative estimate of drug-likeness (QED) is 0.719. The second kappa shape index (κ2) is 7.86. The van der Waals surface area contributed by atoms with Crippen molar-refractivity contribution in [3.63, 3.8) is 0 Å². The second-order valence-electron chi connectivity index (χ2n) is 5.40. The van der Waals surface area contributed by atoms with Gasteiger partial charge < -0.3 is 9.47 Å². The van der Waals surface area contributed by atoms with Crippen molar-refractivity contribution in [1.82, 2.24) is 21.0 Å². The van der Waals surface area contributed by atoms with Crippen LogP contribution in [0.25, 0.3) is 11.3 Å². The molecule has 132 valence electrons. The first kappa shape index (κ1) is 17.1. The molecule has 1 aromatic carbocycles. The van der Waals surface area contributed by atoms with Crippen molar-refractivity contribution in [3.8, 4) is 11.3 Å². The fourth-order valence-electron chi connectivity index (χ4n) is 2.26. The molecular weight excluding hydrogens is 331 g/mol. The standard InChI is InChI=1S/C16H17FN4O4/c17-11-4-2-10(3-5-11)12-8-13(19-18-12)16(23)21-20-14(22)9-15-24-6-1-7-25-15/h2-5,8,15H,1,6-7,9H2,(H,18,19)(H,20,22)(H,21,23). The normalized spacial score (nSPS) is 14.9. The molecule has 8 nitrogen and oxygen atoms in total. The van der Waals surface area contributed by atoms with Crippen LogP contribution in [0.1, 0.15) is 23.3 Å². The Morgan fingerprint density at radius 3 is 2.64 bits per heavy atom. The Hall–Kier alpha value is -2.78. The lowest BCUT2D eigenvalue weighted by Crippen LogP contribution is -2.43. The number of hydrogen-bond donors (Lipinski definition) is 3. The third-order valence-corrected chi connectivity index (χ3v) is 3.53. The Morgan fingerprint density at radius 1 is 1.20 bits per heavy atom. The lowest BCUT2D eigenvalue weighted by atomic mass is 10.1. The van der Waals surface area contributed by atoms with Crippen molar-refractivity contribution in [2.45, 2.75) is 19.1 Å².